The molecule has 0 fully saturated rings. The van der Waals surface area contributed by atoms with Crippen molar-refractivity contribution in [3.05, 3.63) is 0 Å². The molecule has 0 saturated carbocycles. The largest absolute Gasteiger partial charge is 0.396 e. The molecule has 2 unspecified atom stereocenters. The van der Waals surface area contributed by atoms with Crippen LogP contribution in [0.4, 0.5) is 0 Å². The van der Waals surface area contributed by atoms with Crippen molar-refractivity contribution in [2.24, 2.45) is 0 Å². The molecule has 0 amide bonds. The fourth-order valence-electron chi connectivity index (χ4n) is 0.971. The average Bonchev–Trinajstić information content (AvgIpc) is 2.34. The number of thioether (sulfide) groups is 3. The van der Waals surface area contributed by atoms with E-state index >= 15 is 0 Å². The fourth-order valence-corrected chi connectivity index (χ4v) is 5.13. The predicted molar refractivity (Wildman–Crippen MR) is 89.1 cm³/mol. The summed E-state index contributed by atoms with van der Waals surface area (Å²) in [5.74, 6) is 5.93. The Morgan fingerprint density at radius 2 is 1.71 bits per heavy atom. The second kappa shape index (κ2) is 14.3. The van der Waals surface area contributed by atoms with Gasteiger partial charge in [-0.05, 0) is 0 Å². The topological polar surface area (TPSA) is 20.2 Å². The summed E-state index contributed by atoms with van der Waals surface area (Å²) in [7, 11) is 0. The standard InChI is InChI=1S/C10H19Cl3OS3/c11-1-3-15-8-10(5-12)17-7-9(13)6-16-4-2-14/h9-10,14H,1-8H2. The number of halogens is 3. The Morgan fingerprint density at radius 1 is 1.00 bits per heavy atom. The van der Waals surface area contributed by atoms with Crippen molar-refractivity contribution < 1.29 is 5.11 Å². The predicted octanol–water partition coefficient (Wildman–Crippen LogP) is 3.63. The second-order valence-electron chi connectivity index (χ2n) is 3.27. The van der Waals surface area contributed by atoms with Crippen molar-refractivity contribution >= 4 is 70.1 Å². The van der Waals surface area contributed by atoms with Crippen molar-refractivity contribution in [3.63, 3.8) is 0 Å². The monoisotopic (exact) mass is 356 g/mol. The van der Waals surface area contributed by atoms with Gasteiger partial charge in [0.15, 0.2) is 0 Å². The zero-order chi connectivity index (χ0) is 12.9. The van der Waals surface area contributed by atoms with Crippen LogP contribution in [0.1, 0.15) is 0 Å². The third kappa shape index (κ3) is 12.6. The molecule has 0 bridgehead atoms. The van der Waals surface area contributed by atoms with Gasteiger partial charge in [-0.1, -0.05) is 0 Å². The second-order valence-corrected chi connectivity index (χ2v) is 8.21. The summed E-state index contributed by atoms with van der Waals surface area (Å²) in [6.07, 6.45) is 0. The Balaban J connectivity index is 3.52. The molecule has 0 aliphatic rings. The number of aliphatic hydroxyl groups excluding tert-OH is 1. The summed E-state index contributed by atoms with van der Waals surface area (Å²) in [6.45, 7) is 0.223. The highest BCUT2D eigenvalue weighted by Crippen LogP contribution is 2.22. The summed E-state index contributed by atoms with van der Waals surface area (Å²) in [4.78, 5) is 0. The first-order valence-electron chi connectivity index (χ1n) is 5.38. The highest BCUT2D eigenvalue weighted by Gasteiger charge is 2.12. The summed E-state index contributed by atoms with van der Waals surface area (Å²) in [6, 6.07) is 0. The molecule has 0 rings (SSSR count). The molecule has 0 aromatic carbocycles. The molecule has 0 aliphatic heterocycles. The normalized spacial score (nSPS) is 14.8. The van der Waals surface area contributed by atoms with E-state index in [1.54, 1.807) is 11.8 Å². The third-order valence-electron chi connectivity index (χ3n) is 1.74. The van der Waals surface area contributed by atoms with E-state index in [0.717, 1.165) is 28.8 Å². The van der Waals surface area contributed by atoms with E-state index in [-0.39, 0.29) is 12.0 Å². The van der Waals surface area contributed by atoms with E-state index in [1.165, 1.54) is 0 Å². The fraction of sp³-hybridized carbons (Fsp3) is 1.00. The average molecular weight is 358 g/mol. The third-order valence-corrected chi connectivity index (χ3v) is 7.24. The van der Waals surface area contributed by atoms with Crippen LogP contribution in [0, 0.1) is 0 Å². The minimum atomic E-state index is 0.153. The maximum Gasteiger partial charge on any atom is 0.0521 e. The van der Waals surface area contributed by atoms with Crippen LogP contribution in [0.15, 0.2) is 0 Å². The zero-order valence-electron chi connectivity index (χ0n) is 9.62. The van der Waals surface area contributed by atoms with Gasteiger partial charge in [0.1, 0.15) is 0 Å². The Morgan fingerprint density at radius 3 is 2.29 bits per heavy atom. The lowest BCUT2D eigenvalue weighted by atomic mass is 10.5. The number of aliphatic hydroxyl groups is 1. The first-order chi connectivity index (χ1) is 8.24. The van der Waals surface area contributed by atoms with E-state index in [9.17, 15) is 0 Å². The van der Waals surface area contributed by atoms with E-state index in [0.29, 0.717) is 17.0 Å². The van der Waals surface area contributed by atoms with Crippen molar-refractivity contribution in [2.45, 2.75) is 10.6 Å². The molecular formula is C10H19Cl3OS3. The van der Waals surface area contributed by atoms with E-state index in [2.05, 4.69) is 0 Å². The summed E-state index contributed by atoms with van der Waals surface area (Å²) in [5, 5.41) is 9.26. The van der Waals surface area contributed by atoms with Crippen molar-refractivity contribution in [1.82, 2.24) is 0 Å². The number of rotatable bonds is 12. The van der Waals surface area contributed by atoms with Gasteiger partial charge in [-0.15, -0.1) is 34.8 Å². The molecule has 104 valence electrons. The van der Waals surface area contributed by atoms with Gasteiger partial charge in [-0.2, -0.15) is 35.3 Å². The number of hydrogen-bond donors (Lipinski definition) is 1. The molecule has 0 spiro atoms. The van der Waals surface area contributed by atoms with Crippen LogP contribution in [0.3, 0.4) is 0 Å². The van der Waals surface area contributed by atoms with E-state index in [4.69, 9.17) is 39.9 Å². The minimum Gasteiger partial charge on any atom is -0.396 e. The maximum absolute atomic E-state index is 8.66. The van der Waals surface area contributed by atoms with E-state index < -0.39 is 0 Å². The molecule has 0 heterocycles. The van der Waals surface area contributed by atoms with Crippen molar-refractivity contribution in [1.29, 1.82) is 0 Å². The smallest absolute Gasteiger partial charge is 0.0521 e. The molecule has 0 radical (unpaired) electrons. The molecule has 1 N–H and O–H groups in total. The maximum atomic E-state index is 8.66. The minimum absolute atomic E-state index is 0.153. The lowest BCUT2D eigenvalue weighted by molar-refractivity contribution is 0.322. The lowest BCUT2D eigenvalue weighted by Crippen LogP contribution is -2.15. The Bertz CT molecular complexity index is 166. The molecule has 0 aromatic heterocycles. The van der Waals surface area contributed by atoms with Gasteiger partial charge < -0.3 is 5.11 Å². The van der Waals surface area contributed by atoms with Gasteiger partial charge in [0.05, 0.1) is 12.0 Å². The van der Waals surface area contributed by atoms with Gasteiger partial charge in [0.2, 0.25) is 0 Å². The quantitative estimate of drug-likeness (QED) is 0.425. The van der Waals surface area contributed by atoms with Gasteiger partial charge in [-0.3, -0.25) is 0 Å². The van der Waals surface area contributed by atoms with Crippen LogP contribution in [0.25, 0.3) is 0 Å². The number of hydrogen-bond acceptors (Lipinski definition) is 4. The Hall–Kier alpha value is 1.88. The molecule has 7 heteroatoms. The van der Waals surface area contributed by atoms with Crippen molar-refractivity contribution in [2.75, 3.05) is 47.1 Å². The van der Waals surface area contributed by atoms with Crippen LogP contribution in [-0.4, -0.2) is 62.9 Å². The van der Waals surface area contributed by atoms with E-state index in [1.807, 2.05) is 23.5 Å². The van der Waals surface area contributed by atoms with Crippen LogP contribution >= 0.6 is 70.1 Å². The molecule has 17 heavy (non-hydrogen) atoms. The first-order valence-corrected chi connectivity index (χ1v) is 10.2. The zero-order valence-corrected chi connectivity index (χ0v) is 14.3. The molecule has 2 atom stereocenters. The molecular weight excluding hydrogens is 339 g/mol. The highest BCUT2D eigenvalue weighted by molar-refractivity contribution is 8.03. The molecule has 0 saturated heterocycles. The SMILES string of the molecule is OCCSCC(Cl)CSC(CCl)CSCCCl. The van der Waals surface area contributed by atoms with Crippen LogP contribution in [0.5, 0.6) is 0 Å². The van der Waals surface area contributed by atoms with Crippen molar-refractivity contribution in [3.8, 4) is 0 Å². The molecule has 0 aromatic rings. The molecule has 0 aliphatic carbocycles. The van der Waals surface area contributed by atoms with Gasteiger partial charge in [0.25, 0.3) is 0 Å². The Labute approximate surface area is 132 Å². The molecule has 1 nitrogen and oxygen atoms in total. The van der Waals surface area contributed by atoms with Crippen LogP contribution in [-0.2, 0) is 0 Å². The highest BCUT2D eigenvalue weighted by atomic mass is 35.5. The van der Waals surface area contributed by atoms with Gasteiger partial charge in [-0.25, -0.2) is 0 Å². The lowest BCUT2D eigenvalue weighted by Gasteiger charge is -2.15. The summed E-state index contributed by atoms with van der Waals surface area (Å²) < 4.78 is 0. The Kier molecular flexibility index (Phi) is 15.9. The summed E-state index contributed by atoms with van der Waals surface area (Å²) >= 11 is 23.1. The van der Waals surface area contributed by atoms with Crippen LogP contribution < -0.4 is 0 Å². The van der Waals surface area contributed by atoms with Crippen LogP contribution in [0.2, 0.25) is 0 Å². The van der Waals surface area contributed by atoms with Gasteiger partial charge >= 0.3 is 0 Å². The van der Waals surface area contributed by atoms with Gasteiger partial charge in [0, 0.05) is 45.8 Å². The first kappa shape index (κ1) is 18.9. The number of alkyl halides is 3. The summed E-state index contributed by atoms with van der Waals surface area (Å²) in [5.41, 5.74) is 0.